The summed E-state index contributed by atoms with van der Waals surface area (Å²) >= 11 is 0.866. The van der Waals surface area contributed by atoms with E-state index in [1.165, 1.54) is 13.2 Å². The number of primary amides is 1. The van der Waals surface area contributed by atoms with Gasteiger partial charge in [-0.25, -0.2) is 0 Å². The highest BCUT2D eigenvalue weighted by molar-refractivity contribution is 8.14. The predicted octanol–water partition coefficient (Wildman–Crippen LogP) is 1.20. The Morgan fingerprint density at radius 1 is 1.12 bits per heavy atom. The van der Waals surface area contributed by atoms with Crippen LogP contribution in [-0.2, 0) is 4.79 Å². The molecule has 26 heavy (non-hydrogen) atoms. The van der Waals surface area contributed by atoms with Gasteiger partial charge in [0.25, 0.3) is 5.91 Å². The number of carbonyl (C=O) groups excluding carboxylic acids is 3. The van der Waals surface area contributed by atoms with Crippen molar-refractivity contribution in [3.63, 3.8) is 0 Å². The van der Waals surface area contributed by atoms with E-state index in [-0.39, 0.29) is 10.7 Å². The van der Waals surface area contributed by atoms with E-state index in [4.69, 9.17) is 15.6 Å². The number of methoxy groups -OCH3 is 1. The Balaban J connectivity index is 2.25. The van der Waals surface area contributed by atoms with Gasteiger partial charge in [0.05, 0.1) is 24.8 Å². The van der Waals surface area contributed by atoms with Crippen molar-refractivity contribution in [1.82, 2.24) is 5.32 Å². The summed E-state index contributed by atoms with van der Waals surface area (Å²) in [6, 6.07) is 12.0. The van der Waals surface area contributed by atoms with E-state index in [0.717, 1.165) is 11.8 Å². The molecular weight excluding hydrogens is 356 g/mol. The van der Waals surface area contributed by atoms with E-state index in [1.807, 2.05) is 0 Å². The molecule has 0 bridgehead atoms. The number of benzene rings is 2. The maximum Gasteiger partial charge on any atom is 0.253 e. The number of rotatable bonds is 7. The molecule has 0 aromatic heterocycles. The van der Waals surface area contributed by atoms with Crippen molar-refractivity contribution >= 4 is 28.7 Å². The summed E-state index contributed by atoms with van der Waals surface area (Å²) in [6.45, 7) is -0.615. The highest BCUT2D eigenvalue weighted by atomic mass is 32.2. The molecule has 2 aromatic rings. The molecule has 4 N–H and O–H groups in total. The highest BCUT2D eigenvalue weighted by Crippen LogP contribution is 2.30. The molecular formula is C18H18N2O5S. The van der Waals surface area contributed by atoms with Gasteiger partial charge in [-0.2, -0.15) is 0 Å². The number of hydrogen-bond acceptors (Lipinski definition) is 6. The zero-order chi connectivity index (χ0) is 19.1. The Morgan fingerprint density at radius 2 is 1.73 bits per heavy atom. The third kappa shape index (κ3) is 4.62. The molecule has 0 saturated carbocycles. The van der Waals surface area contributed by atoms with Gasteiger partial charge in [-0.05, 0) is 36.0 Å². The van der Waals surface area contributed by atoms with Gasteiger partial charge in [0, 0.05) is 4.90 Å². The Kier molecular flexibility index (Phi) is 6.76. The average molecular weight is 374 g/mol. The number of ether oxygens (including phenoxy) is 1. The van der Waals surface area contributed by atoms with Crippen LogP contribution in [0.25, 0.3) is 0 Å². The fraction of sp³-hybridized carbons (Fsp3) is 0.167. The lowest BCUT2D eigenvalue weighted by Crippen LogP contribution is -2.46. The van der Waals surface area contributed by atoms with Crippen LogP contribution in [0.3, 0.4) is 0 Å². The van der Waals surface area contributed by atoms with E-state index in [1.54, 1.807) is 42.5 Å². The first kappa shape index (κ1) is 19.5. The summed E-state index contributed by atoms with van der Waals surface area (Å²) in [6.07, 6.45) is 0. The lowest BCUT2D eigenvalue weighted by molar-refractivity contribution is -0.120. The van der Waals surface area contributed by atoms with Gasteiger partial charge in [-0.15, -0.1) is 0 Å². The van der Waals surface area contributed by atoms with Crippen LogP contribution in [0.15, 0.2) is 53.4 Å². The smallest absolute Gasteiger partial charge is 0.253 e. The minimum absolute atomic E-state index is 0.195. The molecule has 0 saturated heterocycles. The summed E-state index contributed by atoms with van der Waals surface area (Å²) in [5.74, 6) is -1.03. The fourth-order valence-corrected chi connectivity index (χ4v) is 3.05. The lowest BCUT2D eigenvalue weighted by Gasteiger charge is -2.14. The van der Waals surface area contributed by atoms with Gasteiger partial charge >= 0.3 is 0 Å². The number of para-hydroxylation sites is 1. The van der Waals surface area contributed by atoms with Crippen LogP contribution in [0.4, 0.5) is 0 Å². The van der Waals surface area contributed by atoms with E-state index in [2.05, 4.69) is 5.32 Å². The maximum atomic E-state index is 12.6. The Labute approximate surface area is 154 Å². The van der Waals surface area contributed by atoms with Crippen molar-refractivity contribution in [2.45, 2.75) is 10.9 Å². The van der Waals surface area contributed by atoms with Crippen LogP contribution in [0.2, 0.25) is 0 Å². The zero-order valence-corrected chi connectivity index (χ0v) is 14.8. The van der Waals surface area contributed by atoms with Gasteiger partial charge in [0.15, 0.2) is 0 Å². The van der Waals surface area contributed by atoms with Crippen LogP contribution in [0.1, 0.15) is 20.7 Å². The fourth-order valence-electron chi connectivity index (χ4n) is 2.15. The first-order valence-corrected chi connectivity index (χ1v) is 8.44. The first-order valence-electron chi connectivity index (χ1n) is 7.63. The quantitative estimate of drug-likeness (QED) is 0.627. The molecule has 2 rings (SSSR count). The van der Waals surface area contributed by atoms with Crippen LogP contribution < -0.4 is 15.8 Å². The second kappa shape index (κ2) is 9.02. The Hall–Kier alpha value is -2.84. The molecule has 0 spiro atoms. The lowest BCUT2D eigenvalue weighted by atomic mass is 10.2. The van der Waals surface area contributed by atoms with Gasteiger partial charge < -0.3 is 20.9 Å². The summed E-state index contributed by atoms with van der Waals surface area (Å²) in [7, 11) is 1.47. The molecule has 1 atom stereocenters. The summed E-state index contributed by atoms with van der Waals surface area (Å²) in [5, 5.41) is 11.2. The van der Waals surface area contributed by atoms with Gasteiger partial charge in [0.2, 0.25) is 11.0 Å². The number of nitrogens with one attached hydrogen (secondary N) is 1. The highest BCUT2D eigenvalue weighted by Gasteiger charge is 2.21. The number of carbonyl (C=O) groups is 3. The van der Waals surface area contributed by atoms with Crippen molar-refractivity contribution in [3.05, 3.63) is 59.7 Å². The molecule has 2 amide bonds. The van der Waals surface area contributed by atoms with E-state index >= 15 is 0 Å². The van der Waals surface area contributed by atoms with Crippen LogP contribution in [0.5, 0.6) is 5.75 Å². The van der Waals surface area contributed by atoms with Crippen LogP contribution in [0, 0.1) is 0 Å². The second-order valence-corrected chi connectivity index (χ2v) is 6.21. The van der Waals surface area contributed by atoms with Crippen molar-refractivity contribution < 1.29 is 24.2 Å². The summed E-state index contributed by atoms with van der Waals surface area (Å²) in [4.78, 5) is 36.6. The predicted molar refractivity (Wildman–Crippen MR) is 97.2 cm³/mol. The molecule has 0 fully saturated rings. The molecule has 136 valence electrons. The average Bonchev–Trinajstić information content (AvgIpc) is 2.65. The van der Waals surface area contributed by atoms with Crippen LogP contribution >= 0.6 is 11.8 Å². The zero-order valence-electron chi connectivity index (χ0n) is 14.0. The molecule has 0 heterocycles. The number of amides is 2. The number of nitrogens with two attached hydrogens (primary N) is 1. The van der Waals surface area contributed by atoms with E-state index < -0.39 is 24.5 Å². The number of hydrogen-bond donors (Lipinski definition) is 3. The third-order valence-corrected chi connectivity index (χ3v) is 4.47. The first-order chi connectivity index (χ1) is 12.5. The van der Waals surface area contributed by atoms with E-state index in [9.17, 15) is 14.4 Å². The Bertz CT molecular complexity index is 825. The largest absolute Gasteiger partial charge is 0.496 e. The molecule has 7 nitrogen and oxygen atoms in total. The molecule has 0 radical (unpaired) electrons. The molecule has 0 aliphatic rings. The van der Waals surface area contributed by atoms with Crippen molar-refractivity contribution in [1.29, 1.82) is 0 Å². The number of aliphatic hydroxyl groups is 1. The van der Waals surface area contributed by atoms with Crippen molar-refractivity contribution in [3.8, 4) is 5.75 Å². The van der Waals surface area contributed by atoms with Crippen molar-refractivity contribution in [2.75, 3.05) is 13.7 Å². The SMILES string of the molecule is COc1ccccc1C(=O)Sc1ccccc1C(=O)N[C@@H](CO)C(N)=O. The molecule has 0 aliphatic carbocycles. The summed E-state index contributed by atoms with van der Waals surface area (Å²) < 4.78 is 5.18. The molecule has 0 aliphatic heterocycles. The maximum absolute atomic E-state index is 12.6. The molecule has 8 heteroatoms. The standard InChI is InChI=1S/C18H18N2O5S/c1-25-14-8-4-2-6-11(14)18(24)26-15-9-5-3-7-12(15)17(23)20-13(10-21)16(19)22/h2-9,13,21H,10H2,1H3,(H2,19,22)(H,20,23)/t13-/m0/s1. The number of aliphatic hydroxyl groups excluding tert-OH is 1. The minimum atomic E-state index is -1.20. The topological polar surface area (TPSA) is 119 Å². The van der Waals surface area contributed by atoms with Gasteiger partial charge in [-0.3, -0.25) is 14.4 Å². The molecule has 0 unspecified atom stereocenters. The minimum Gasteiger partial charge on any atom is -0.496 e. The van der Waals surface area contributed by atoms with Gasteiger partial charge in [0.1, 0.15) is 11.8 Å². The molecule has 2 aromatic carbocycles. The Morgan fingerprint density at radius 3 is 2.35 bits per heavy atom. The van der Waals surface area contributed by atoms with Crippen molar-refractivity contribution in [2.24, 2.45) is 5.73 Å². The number of thioether (sulfide) groups is 1. The summed E-state index contributed by atoms with van der Waals surface area (Å²) in [5.41, 5.74) is 5.68. The third-order valence-electron chi connectivity index (χ3n) is 3.49. The van der Waals surface area contributed by atoms with Crippen LogP contribution in [-0.4, -0.2) is 41.8 Å². The monoisotopic (exact) mass is 374 g/mol. The van der Waals surface area contributed by atoms with Gasteiger partial charge in [-0.1, -0.05) is 24.3 Å². The van der Waals surface area contributed by atoms with E-state index in [0.29, 0.717) is 16.2 Å². The normalized spacial score (nSPS) is 11.5. The second-order valence-electron chi connectivity index (χ2n) is 5.20.